The second-order valence-electron chi connectivity index (χ2n) is 4.77. The van der Waals surface area contributed by atoms with Gasteiger partial charge < -0.3 is 16.2 Å². The van der Waals surface area contributed by atoms with Crippen LogP contribution in [0.25, 0.3) is 0 Å². The molecule has 4 N–H and O–H groups in total. The van der Waals surface area contributed by atoms with Gasteiger partial charge in [-0.15, -0.1) is 11.8 Å². The van der Waals surface area contributed by atoms with Crippen LogP contribution in [-0.4, -0.2) is 28.4 Å². The number of hydrogen-bond acceptors (Lipinski definition) is 4. The Balaban J connectivity index is 2.79. The van der Waals surface area contributed by atoms with Crippen molar-refractivity contribution in [1.29, 1.82) is 0 Å². The third-order valence-electron chi connectivity index (χ3n) is 2.69. The van der Waals surface area contributed by atoms with Crippen LogP contribution in [0.3, 0.4) is 0 Å². The molecule has 18 heavy (non-hydrogen) atoms. The van der Waals surface area contributed by atoms with Gasteiger partial charge in [-0.1, -0.05) is 12.1 Å². The Morgan fingerprint density at radius 3 is 2.67 bits per heavy atom. The van der Waals surface area contributed by atoms with Crippen LogP contribution in [0.2, 0.25) is 0 Å². The first-order chi connectivity index (χ1) is 8.30. The van der Waals surface area contributed by atoms with Gasteiger partial charge in [0, 0.05) is 10.6 Å². The van der Waals surface area contributed by atoms with E-state index in [2.05, 4.69) is 5.32 Å². The number of nitrogens with two attached hydrogens (primary N) is 1. The van der Waals surface area contributed by atoms with E-state index in [4.69, 9.17) is 5.73 Å². The zero-order chi connectivity index (χ0) is 13.8. The van der Waals surface area contributed by atoms with E-state index in [1.807, 2.05) is 31.2 Å². The number of carbonyl (C=O) groups is 1. The number of para-hydroxylation sites is 1. The van der Waals surface area contributed by atoms with Crippen molar-refractivity contribution in [3.63, 3.8) is 0 Å². The topological polar surface area (TPSA) is 75.3 Å². The zero-order valence-corrected chi connectivity index (χ0v) is 11.8. The van der Waals surface area contributed by atoms with Gasteiger partial charge in [-0.3, -0.25) is 4.79 Å². The second-order valence-corrected chi connectivity index (χ2v) is 5.79. The lowest BCUT2D eigenvalue weighted by molar-refractivity contribution is -0.115. The predicted octanol–water partition coefficient (Wildman–Crippen LogP) is 1.84. The van der Waals surface area contributed by atoms with Gasteiger partial charge in [0.15, 0.2) is 0 Å². The molecule has 1 unspecified atom stereocenters. The first-order valence-electron chi connectivity index (χ1n) is 5.79. The van der Waals surface area contributed by atoms with Crippen molar-refractivity contribution in [2.24, 2.45) is 5.73 Å². The number of carbonyl (C=O) groups excluding carboxylic acids is 1. The summed E-state index contributed by atoms with van der Waals surface area (Å²) < 4.78 is 0. The molecule has 0 saturated heterocycles. The van der Waals surface area contributed by atoms with Gasteiger partial charge in [-0.2, -0.15) is 0 Å². The lowest BCUT2D eigenvalue weighted by Crippen LogP contribution is -2.39. The maximum Gasteiger partial charge on any atom is 0.227 e. The summed E-state index contributed by atoms with van der Waals surface area (Å²) in [6, 6.07) is 7.56. The standard InChI is InChI=1S/C13H20N2O2S/c1-9(13(2,3)17)15-10-6-4-5-7-11(10)18-8-12(14)16/h4-7,9,15,17H,8H2,1-3H3,(H2,14,16). The van der Waals surface area contributed by atoms with E-state index < -0.39 is 5.60 Å². The van der Waals surface area contributed by atoms with Crippen molar-refractivity contribution >= 4 is 23.4 Å². The first-order valence-corrected chi connectivity index (χ1v) is 6.78. The summed E-state index contributed by atoms with van der Waals surface area (Å²) in [6.07, 6.45) is 0. The van der Waals surface area contributed by atoms with Crippen LogP contribution in [0.15, 0.2) is 29.2 Å². The van der Waals surface area contributed by atoms with Crippen molar-refractivity contribution in [2.75, 3.05) is 11.1 Å². The number of rotatable bonds is 6. The maximum atomic E-state index is 10.8. The van der Waals surface area contributed by atoms with E-state index in [0.717, 1.165) is 10.6 Å². The third-order valence-corrected chi connectivity index (χ3v) is 3.78. The summed E-state index contributed by atoms with van der Waals surface area (Å²) in [5, 5.41) is 13.2. The molecular weight excluding hydrogens is 248 g/mol. The molecule has 0 aromatic heterocycles. The number of hydrogen-bond donors (Lipinski definition) is 3. The third kappa shape index (κ3) is 4.58. The first kappa shape index (κ1) is 14.9. The molecule has 0 aliphatic heterocycles. The predicted molar refractivity (Wildman–Crippen MR) is 75.7 cm³/mol. The summed E-state index contributed by atoms with van der Waals surface area (Å²) in [5.41, 5.74) is 5.22. The average molecular weight is 268 g/mol. The summed E-state index contributed by atoms with van der Waals surface area (Å²) in [7, 11) is 0. The van der Waals surface area contributed by atoms with Crippen LogP contribution in [0.4, 0.5) is 5.69 Å². The van der Waals surface area contributed by atoms with E-state index in [0.29, 0.717) is 0 Å². The highest BCUT2D eigenvalue weighted by molar-refractivity contribution is 8.00. The number of aliphatic hydroxyl groups is 1. The Bertz CT molecular complexity index is 416. The number of primary amides is 1. The van der Waals surface area contributed by atoms with Crippen molar-refractivity contribution in [1.82, 2.24) is 0 Å². The highest BCUT2D eigenvalue weighted by Gasteiger charge is 2.22. The number of anilines is 1. The number of amides is 1. The molecule has 0 aliphatic rings. The number of thioether (sulfide) groups is 1. The molecule has 1 aromatic carbocycles. The van der Waals surface area contributed by atoms with Crippen LogP contribution < -0.4 is 11.1 Å². The van der Waals surface area contributed by atoms with Crippen molar-refractivity contribution in [3.8, 4) is 0 Å². The molecule has 5 heteroatoms. The van der Waals surface area contributed by atoms with Gasteiger partial charge in [-0.05, 0) is 32.9 Å². The molecule has 1 atom stereocenters. The fraction of sp³-hybridized carbons (Fsp3) is 0.462. The Kier molecular flexibility index (Phi) is 5.04. The van der Waals surface area contributed by atoms with Gasteiger partial charge in [0.1, 0.15) is 0 Å². The number of nitrogens with one attached hydrogen (secondary N) is 1. The molecule has 1 amide bonds. The fourth-order valence-electron chi connectivity index (χ4n) is 1.27. The molecule has 0 aliphatic carbocycles. The Hall–Kier alpha value is -1.20. The summed E-state index contributed by atoms with van der Waals surface area (Å²) in [5.74, 6) is -0.0967. The highest BCUT2D eigenvalue weighted by Crippen LogP contribution is 2.28. The normalized spacial score (nSPS) is 13.1. The molecule has 0 spiro atoms. The van der Waals surface area contributed by atoms with Crippen molar-refractivity contribution in [2.45, 2.75) is 37.3 Å². The Morgan fingerprint density at radius 2 is 2.11 bits per heavy atom. The SMILES string of the molecule is CC(Nc1ccccc1SCC(N)=O)C(C)(C)O. The molecular formula is C13H20N2O2S. The zero-order valence-electron chi connectivity index (χ0n) is 10.9. The van der Waals surface area contributed by atoms with Gasteiger partial charge in [-0.25, -0.2) is 0 Å². The fourth-order valence-corrected chi connectivity index (χ4v) is 2.03. The highest BCUT2D eigenvalue weighted by atomic mass is 32.2. The Labute approximate surface area is 112 Å². The minimum atomic E-state index is -0.818. The van der Waals surface area contributed by atoms with Crippen LogP contribution >= 0.6 is 11.8 Å². The molecule has 4 nitrogen and oxygen atoms in total. The molecule has 1 rings (SSSR count). The van der Waals surface area contributed by atoms with Gasteiger partial charge in [0.05, 0.1) is 17.4 Å². The van der Waals surface area contributed by atoms with Crippen molar-refractivity contribution in [3.05, 3.63) is 24.3 Å². The van der Waals surface area contributed by atoms with Crippen LogP contribution in [0, 0.1) is 0 Å². The van der Waals surface area contributed by atoms with E-state index >= 15 is 0 Å². The lowest BCUT2D eigenvalue weighted by atomic mass is 10.0. The van der Waals surface area contributed by atoms with Crippen LogP contribution in [0.5, 0.6) is 0 Å². The van der Waals surface area contributed by atoms with E-state index in [9.17, 15) is 9.90 Å². The molecule has 0 fully saturated rings. The molecule has 0 saturated carbocycles. The van der Waals surface area contributed by atoms with E-state index in [1.165, 1.54) is 11.8 Å². The quantitative estimate of drug-likeness (QED) is 0.688. The Morgan fingerprint density at radius 1 is 1.50 bits per heavy atom. The van der Waals surface area contributed by atoms with Gasteiger partial charge in [0.25, 0.3) is 0 Å². The van der Waals surface area contributed by atoms with Gasteiger partial charge >= 0.3 is 0 Å². The lowest BCUT2D eigenvalue weighted by Gasteiger charge is -2.28. The smallest absolute Gasteiger partial charge is 0.227 e. The monoisotopic (exact) mass is 268 g/mol. The minimum absolute atomic E-state index is 0.104. The molecule has 0 heterocycles. The largest absolute Gasteiger partial charge is 0.388 e. The van der Waals surface area contributed by atoms with Gasteiger partial charge in [0.2, 0.25) is 5.91 Å². The number of benzene rings is 1. The van der Waals surface area contributed by atoms with Crippen LogP contribution in [0.1, 0.15) is 20.8 Å². The maximum absolute atomic E-state index is 10.8. The molecule has 0 radical (unpaired) electrons. The summed E-state index contributed by atoms with van der Waals surface area (Å²) >= 11 is 1.39. The summed E-state index contributed by atoms with van der Waals surface area (Å²) in [4.78, 5) is 11.8. The molecule has 0 bridgehead atoms. The summed E-state index contributed by atoms with van der Waals surface area (Å²) in [6.45, 7) is 5.42. The molecule has 100 valence electrons. The second kappa shape index (κ2) is 6.11. The van der Waals surface area contributed by atoms with Crippen molar-refractivity contribution < 1.29 is 9.90 Å². The van der Waals surface area contributed by atoms with E-state index in [-0.39, 0.29) is 17.7 Å². The molecule has 1 aromatic rings. The average Bonchev–Trinajstić information content (AvgIpc) is 2.26. The minimum Gasteiger partial charge on any atom is -0.388 e. The van der Waals surface area contributed by atoms with E-state index in [1.54, 1.807) is 13.8 Å². The van der Waals surface area contributed by atoms with Crippen LogP contribution in [-0.2, 0) is 4.79 Å².